The van der Waals surface area contributed by atoms with Crippen LogP contribution in [0, 0.1) is 0 Å². The van der Waals surface area contributed by atoms with Gasteiger partial charge in [-0.25, -0.2) is 13.2 Å². The molecule has 0 aliphatic carbocycles. The van der Waals surface area contributed by atoms with Gasteiger partial charge in [0.2, 0.25) is 0 Å². The van der Waals surface area contributed by atoms with Crippen molar-refractivity contribution in [2.75, 3.05) is 26.1 Å². The van der Waals surface area contributed by atoms with Crippen LogP contribution in [-0.4, -0.2) is 35.7 Å². The highest BCUT2D eigenvalue weighted by atomic mass is 32.2. The zero-order valence-electron chi connectivity index (χ0n) is 15.6. The summed E-state index contributed by atoms with van der Waals surface area (Å²) in [6.45, 7) is 0. The van der Waals surface area contributed by atoms with Crippen molar-refractivity contribution in [3.05, 3.63) is 60.2 Å². The van der Waals surface area contributed by atoms with Crippen molar-refractivity contribution in [2.24, 2.45) is 0 Å². The normalized spacial score (nSPS) is 11.1. The Morgan fingerprint density at radius 3 is 2.21 bits per heavy atom. The van der Waals surface area contributed by atoms with E-state index in [1.807, 2.05) is 18.2 Å². The summed E-state index contributed by atoms with van der Waals surface area (Å²) in [6, 6.07) is 14.9. The monoisotopic (exact) mass is 401 g/mol. The first-order valence-electron chi connectivity index (χ1n) is 8.26. The minimum absolute atomic E-state index is 0.00367. The maximum absolute atomic E-state index is 13.1. The molecule has 28 heavy (non-hydrogen) atoms. The quantitative estimate of drug-likeness (QED) is 0.636. The van der Waals surface area contributed by atoms with E-state index in [0.717, 1.165) is 5.39 Å². The number of carbonyl (C=O) groups excluding carboxylic acids is 1. The van der Waals surface area contributed by atoms with Crippen LogP contribution < -0.4 is 14.2 Å². The molecule has 3 rings (SSSR count). The van der Waals surface area contributed by atoms with Crippen LogP contribution in [0.25, 0.3) is 10.8 Å². The third-order valence-electron chi connectivity index (χ3n) is 4.21. The van der Waals surface area contributed by atoms with Crippen molar-refractivity contribution in [1.82, 2.24) is 0 Å². The van der Waals surface area contributed by atoms with E-state index < -0.39 is 16.0 Å². The molecule has 3 aromatic rings. The lowest BCUT2D eigenvalue weighted by molar-refractivity contribution is 0.0601. The molecule has 1 N–H and O–H groups in total. The Morgan fingerprint density at radius 1 is 0.893 bits per heavy atom. The maximum atomic E-state index is 13.1. The van der Waals surface area contributed by atoms with E-state index in [9.17, 15) is 13.2 Å². The number of benzene rings is 3. The van der Waals surface area contributed by atoms with E-state index in [-0.39, 0.29) is 27.6 Å². The second-order valence-electron chi connectivity index (χ2n) is 5.83. The van der Waals surface area contributed by atoms with Gasteiger partial charge in [-0.1, -0.05) is 36.4 Å². The van der Waals surface area contributed by atoms with E-state index in [1.54, 1.807) is 18.2 Å². The minimum atomic E-state index is -4.00. The van der Waals surface area contributed by atoms with Crippen molar-refractivity contribution in [3.8, 4) is 11.5 Å². The lowest BCUT2D eigenvalue weighted by Gasteiger charge is -2.16. The predicted molar refractivity (Wildman–Crippen MR) is 106 cm³/mol. The van der Waals surface area contributed by atoms with Gasteiger partial charge in [0, 0.05) is 17.5 Å². The fourth-order valence-electron chi connectivity index (χ4n) is 2.87. The SMILES string of the molecule is COC(=O)c1cc(OC)c(OC)cc1NS(=O)(=O)c1cccc2ccccc12. The van der Waals surface area contributed by atoms with E-state index in [2.05, 4.69) is 4.72 Å². The summed E-state index contributed by atoms with van der Waals surface area (Å²) in [5, 5.41) is 1.35. The van der Waals surface area contributed by atoms with Gasteiger partial charge in [-0.3, -0.25) is 4.72 Å². The lowest BCUT2D eigenvalue weighted by atomic mass is 10.1. The standard InChI is InChI=1S/C20H19NO6S/c1-25-17-11-15(20(22)27-3)16(12-18(17)26-2)21-28(23,24)19-10-6-8-13-7-4-5-9-14(13)19/h4-12,21H,1-3H3. The molecule has 0 atom stereocenters. The smallest absolute Gasteiger partial charge is 0.340 e. The molecule has 0 amide bonds. The Bertz CT molecular complexity index is 1140. The van der Waals surface area contributed by atoms with Crippen LogP contribution in [0.1, 0.15) is 10.4 Å². The molecule has 0 aromatic heterocycles. The molecule has 7 nitrogen and oxygen atoms in total. The number of anilines is 1. The van der Waals surface area contributed by atoms with Crippen LogP contribution in [0.15, 0.2) is 59.5 Å². The molecule has 0 bridgehead atoms. The van der Waals surface area contributed by atoms with E-state index in [1.165, 1.54) is 39.5 Å². The molecule has 0 aliphatic heterocycles. The van der Waals surface area contributed by atoms with Crippen LogP contribution in [0.2, 0.25) is 0 Å². The molecule has 146 valence electrons. The van der Waals surface area contributed by atoms with Crippen LogP contribution in [-0.2, 0) is 14.8 Å². The van der Waals surface area contributed by atoms with Gasteiger partial charge in [-0.05, 0) is 11.5 Å². The number of hydrogen-bond acceptors (Lipinski definition) is 6. The largest absolute Gasteiger partial charge is 0.493 e. The van der Waals surface area contributed by atoms with Crippen molar-refractivity contribution < 1.29 is 27.4 Å². The topological polar surface area (TPSA) is 90.9 Å². The van der Waals surface area contributed by atoms with Gasteiger partial charge in [0.25, 0.3) is 10.0 Å². The Morgan fingerprint density at radius 2 is 1.54 bits per heavy atom. The van der Waals surface area contributed by atoms with E-state index >= 15 is 0 Å². The lowest BCUT2D eigenvalue weighted by Crippen LogP contribution is -2.17. The Balaban J connectivity index is 2.14. The van der Waals surface area contributed by atoms with Crippen LogP contribution in [0.3, 0.4) is 0 Å². The van der Waals surface area contributed by atoms with Crippen LogP contribution in [0.4, 0.5) is 5.69 Å². The molecule has 3 aromatic carbocycles. The minimum Gasteiger partial charge on any atom is -0.493 e. The summed E-state index contributed by atoms with van der Waals surface area (Å²) in [5.74, 6) is -0.168. The second-order valence-corrected chi connectivity index (χ2v) is 7.48. The summed E-state index contributed by atoms with van der Waals surface area (Å²) in [5.41, 5.74) is 0.0291. The summed E-state index contributed by atoms with van der Waals surface area (Å²) in [7, 11) is 0.0383. The average molecular weight is 401 g/mol. The molecule has 0 saturated carbocycles. The Kier molecular flexibility index (Phi) is 5.41. The zero-order chi connectivity index (χ0) is 20.3. The summed E-state index contributed by atoms with van der Waals surface area (Å²) in [6.07, 6.45) is 0. The fraction of sp³-hybridized carbons (Fsp3) is 0.150. The average Bonchev–Trinajstić information content (AvgIpc) is 2.72. The molecule has 0 radical (unpaired) electrons. The number of ether oxygens (including phenoxy) is 3. The van der Waals surface area contributed by atoms with Crippen LogP contribution in [0.5, 0.6) is 11.5 Å². The molecule has 0 aliphatic rings. The highest BCUT2D eigenvalue weighted by molar-refractivity contribution is 7.93. The van der Waals surface area contributed by atoms with Gasteiger partial charge in [0.15, 0.2) is 11.5 Å². The second kappa shape index (κ2) is 7.77. The van der Waals surface area contributed by atoms with E-state index in [4.69, 9.17) is 14.2 Å². The Labute approximate surface area is 162 Å². The molecule has 0 saturated heterocycles. The number of sulfonamides is 1. The number of fused-ring (bicyclic) bond motifs is 1. The van der Waals surface area contributed by atoms with Crippen molar-refractivity contribution >= 4 is 32.5 Å². The number of rotatable bonds is 6. The molecule has 0 heterocycles. The summed E-state index contributed by atoms with van der Waals surface area (Å²) < 4.78 is 43.9. The number of carbonyl (C=O) groups is 1. The zero-order valence-corrected chi connectivity index (χ0v) is 16.4. The first kappa shape index (κ1) is 19.5. The molecular formula is C20H19NO6S. The number of nitrogens with one attached hydrogen (secondary N) is 1. The highest BCUT2D eigenvalue weighted by Crippen LogP contribution is 2.35. The predicted octanol–water partition coefficient (Wildman–Crippen LogP) is 3.44. The highest BCUT2D eigenvalue weighted by Gasteiger charge is 2.23. The van der Waals surface area contributed by atoms with Crippen molar-refractivity contribution in [3.63, 3.8) is 0 Å². The van der Waals surface area contributed by atoms with Gasteiger partial charge in [0.1, 0.15) is 0 Å². The maximum Gasteiger partial charge on any atom is 0.340 e. The van der Waals surface area contributed by atoms with Gasteiger partial charge >= 0.3 is 5.97 Å². The van der Waals surface area contributed by atoms with Gasteiger partial charge < -0.3 is 14.2 Å². The third kappa shape index (κ3) is 3.59. The Hall–Kier alpha value is -3.26. The summed E-state index contributed by atoms with van der Waals surface area (Å²) in [4.78, 5) is 12.3. The number of hydrogen-bond donors (Lipinski definition) is 1. The first-order chi connectivity index (χ1) is 13.4. The number of methoxy groups -OCH3 is 3. The number of esters is 1. The molecule has 0 fully saturated rings. The molecule has 8 heteroatoms. The third-order valence-corrected chi connectivity index (χ3v) is 5.64. The van der Waals surface area contributed by atoms with Gasteiger partial charge in [-0.15, -0.1) is 0 Å². The van der Waals surface area contributed by atoms with Crippen molar-refractivity contribution in [2.45, 2.75) is 4.90 Å². The fourth-order valence-corrected chi connectivity index (χ4v) is 4.17. The van der Waals surface area contributed by atoms with E-state index in [0.29, 0.717) is 5.39 Å². The van der Waals surface area contributed by atoms with Gasteiger partial charge in [-0.2, -0.15) is 0 Å². The molecular weight excluding hydrogens is 382 g/mol. The summed E-state index contributed by atoms with van der Waals surface area (Å²) >= 11 is 0. The van der Waals surface area contributed by atoms with Gasteiger partial charge in [0.05, 0.1) is 37.5 Å². The molecule has 0 unspecified atom stereocenters. The molecule has 0 spiro atoms. The van der Waals surface area contributed by atoms with Crippen LogP contribution >= 0.6 is 0 Å². The first-order valence-corrected chi connectivity index (χ1v) is 9.74. The van der Waals surface area contributed by atoms with Crippen molar-refractivity contribution in [1.29, 1.82) is 0 Å².